The first-order valence-corrected chi connectivity index (χ1v) is 16.6. The maximum Gasteiger partial charge on any atom is 0.408 e. The molecule has 1 amide bonds. The fourth-order valence-electron chi connectivity index (χ4n) is 4.75. The number of amides is 1. The van der Waals surface area contributed by atoms with Gasteiger partial charge in [-0.25, -0.2) is 13.2 Å². The molecule has 3 aromatic rings. The van der Waals surface area contributed by atoms with Crippen LogP contribution in [0.15, 0.2) is 83.8 Å². The molecule has 254 valence electrons. The van der Waals surface area contributed by atoms with E-state index in [0.29, 0.717) is 0 Å². The lowest BCUT2D eigenvalue weighted by atomic mass is 10.0. The SMILES string of the molecule is CC(=O)OC(CN(CC(C)C)S(=O)(=O)c1ccc(OCc2ccccc2)c([N+](=O)[O-])c1)C(Cc1ccccc1)NC(=O)OC(C)(C)C. The molecular formula is C34H43N3O9S. The molecule has 0 bridgehead atoms. The number of nitro benzene ring substituents is 1. The zero-order valence-electron chi connectivity index (χ0n) is 27.5. The molecule has 2 unspecified atom stereocenters. The Balaban J connectivity index is 2.00. The molecule has 1 N–H and O–H groups in total. The Kier molecular flexibility index (Phi) is 12.9. The van der Waals surface area contributed by atoms with Crippen molar-refractivity contribution in [1.29, 1.82) is 0 Å². The van der Waals surface area contributed by atoms with Gasteiger partial charge in [0.05, 0.1) is 22.4 Å². The molecule has 0 aliphatic rings. The maximum absolute atomic E-state index is 14.2. The molecule has 47 heavy (non-hydrogen) atoms. The molecule has 0 fully saturated rings. The van der Waals surface area contributed by atoms with Crippen molar-refractivity contribution < 1.29 is 37.1 Å². The van der Waals surface area contributed by atoms with E-state index in [4.69, 9.17) is 14.2 Å². The minimum Gasteiger partial charge on any atom is -0.482 e. The zero-order chi connectivity index (χ0) is 34.8. The van der Waals surface area contributed by atoms with Crippen molar-refractivity contribution in [3.63, 3.8) is 0 Å². The monoisotopic (exact) mass is 669 g/mol. The van der Waals surface area contributed by atoms with Gasteiger partial charge in [-0.05, 0) is 56.4 Å². The highest BCUT2D eigenvalue weighted by atomic mass is 32.2. The quantitative estimate of drug-likeness (QED) is 0.119. The van der Waals surface area contributed by atoms with Gasteiger partial charge in [0.1, 0.15) is 18.3 Å². The molecule has 0 aliphatic carbocycles. The summed E-state index contributed by atoms with van der Waals surface area (Å²) < 4.78 is 46.2. The van der Waals surface area contributed by atoms with Crippen LogP contribution in [-0.4, -0.2) is 60.5 Å². The summed E-state index contributed by atoms with van der Waals surface area (Å²) in [6.45, 7) is 9.62. The standard InChI is InChI=1S/C34H43N3O9S/c1-24(2)21-36(47(42,43)28-17-18-31(30(20-28)37(40)41)44-23-27-15-11-8-12-16-27)22-32(45-25(3)38)29(19-26-13-9-7-10-14-26)35-33(39)46-34(4,5)6/h7-18,20,24,29,32H,19,21-23H2,1-6H3,(H,35,39). The Morgan fingerprint density at radius 3 is 2.06 bits per heavy atom. The van der Waals surface area contributed by atoms with Gasteiger partial charge in [-0.15, -0.1) is 0 Å². The molecule has 13 heteroatoms. The van der Waals surface area contributed by atoms with Crippen molar-refractivity contribution in [2.75, 3.05) is 13.1 Å². The number of alkyl carbamates (subject to hydrolysis) is 1. The van der Waals surface area contributed by atoms with E-state index in [1.807, 2.05) is 62.4 Å². The smallest absolute Gasteiger partial charge is 0.408 e. The molecule has 0 spiro atoms. The number of benzene rings is 3. The van der Waals surface area contributed by atoms with Gasteiger partial charge < -0.3 is 19.5 Å². The molecule has 2 atom stereocenters. The Morgan fingerprint density at radius 1 is 0.936 bits per heavy atom. The first kappa shape index (κ1) is 37.0. The number of ether oxygens (including phenoxy) is 3. The Bertz CT molecular complexity index is 1610. The summed E-state index contributed by atoms with van der Waals surface area (Å²) in [5.74, 6) is -0.954. The third kappa shape index (κ3) is 11.7. The van der Waals surface area contributed by atoms with Gasteiger partial charge in [0.2, 0.25) is 10.0 Å². The average Bonchev–Trinajstić information content (AvgIpc) is 2.98. The van der Waals surface area contributed by atoms with E-state index in [1.165, 1.54) is 19.1 Å². The molecule has 12 nitrogen and oxygen atoms in total. The van der Waals surface area contributed by atoms with Crippen molar-refractivity contribution in [2.24, 2.45) is 5.92 Å². The van der Waals surface area contributed by atoms with Gasteiger partial charge >= 0.3 is 17.7 Å². The molecule has 0 aromatic heterocycles. The van der Waals surface area contributed by atoms with E-state index in [9.17, 15) is 28.1 Å². The Labute approximate surface area is 276 Å². The third-order valence-electron chi connectivity index (χ3n) is 6.72. The topological polar surface area (TPSA) is 154 Å². The minimum atomic E-state index is -4.39. The van der Waals surface area contributed by atoms with Crippen LogP contribution in [0.3, 0.4) is 0 Å². The van der Waals surface area contributed by atoms with Crippen molar-refractivity contribution in [1.82, 2.24) is 9.62 Å². The molecule has 0 aliphatic heterocycles. The fraction of sp³-hybridized carbons (Fsp3) is 0.412. The predicted octanol–water partition coefficient (Wildman–Crippen LogP) is 5.89. The fourth-order valence-corrected chi connectivity index (χ4v) is 6.38. The lowest BCUT2D eigenvalue weighted by Gasteiger charge is -2.33. The number of carbonyl (C=O) groups is 2. The molecule has 0 saturated carbocycles. The van der Waals surface area contributed by atoms with E-state index >= 15 is 0 Å². The number of hydrogen-bond acceptors (Lipinski definition) is 9. The summed E-state index contributed by atoms with van der Waals surface area (Å²) in [5.41, 5.74) is 0.238. The minimum absolute atomic E-state index is 0.00928. The molecule has 0 saturated heterocycles. The number of hydrogen-bond donors (Lipinski definition) is 1. The summed E-state index contributed by atoms with van der Waals surface area (Å²) in [5, 5.41) is 14.8. The summed E-state index contributed by atoms with van der Waals surface area (Å²) in [4.78, 5) is 36.3. The van der Waals surface area contributed by atoms with Crippen LogP contribution >= 0.6 is 0 Å². The van der Waals surface area contributed by atoms with Gasteiger partial charge in [0.25, 0.3) is 0 Å². The van der Waals surface area contributed by atoms with Crippen LogP contribution in [0, 0.1) is 16.0 Å². The zero-order valence-corrected chi connectivity index (χ0v) is 28.4. The van der Waals surface area contributed by atoms with Crippen LogP contribution in [0.4, 0.5) is 10.5 Å². The lowest BCUT2D eigenvalue weighted by molar-refractivity contribution is -0.386. The number of esters is 1. The number of sulfonamides is 1. The van der Waals surface area contributed by atoms with E-state index in [-0.39, 0.29) is 42.7 Å². The van der Waals surface area contributed by atoms with Crippen LogP contribution in [0.5, 0.6) is 5.75 Å². The molecule has 3 aromatic carbocycles. The summed E-state index contributed by atoms with van der Waals surface area (Å²) in [6, 6.07) is 20.7. The van der Waals surface area contributed by atoms with Crippen LogP contribution in [0.25, 0.3) is 0 Å². The normalized spacial score (nSPS) is 13.1. The first-order valence-electron chi connectivity index (χ1n) is 15.2. The molecular weight excluding hydrogens is 626 g/mol. The highest BCUT2D eigenvalue weighted by molar-refractivity contribution is 7.89. The van der Waals surface area contributed by atoms with E-state index in [0.717, 1.165) is 21.5 Å². The summed E-state index contributed by atoms with van der Waals surface area (Å²) in [6.07, 6.45) is -1.74. The number of rotatable bonds is 15. The number of nitrogens with zero attached hydrogens (tertiary/aromatic N) is 2. The van der Waals surface area contributed by atoms with Crippen molar-refractivity contribution in [3.05, 3.63) is 100 Å². The van der Waals surface area contributed by atoms with E-state index in [2.05, 4.69) is 5.32 Å². The van der Waals surface area contributed by atoms with E-state index < -0.39 is 50.4 Å². The van der Waals surface area contributed by atoms with Crippen LogP contribution in [-0.2, 0) is 37.3 Å². The van der Waals surface area contributed by atoms with Crippen molar-refractivity contribution >= 4 is 27.8 Å². The number of nitrogens with one attached hydrogen (secondary N) is 1. The predicted molar refractivity (Wildman–Crippen MR) is 176 cm³/mol. The molecule has 0 heterocycles. The van der Waals surface area contributed by atoms with Crippen LogP contribution in [0.2, 0.25) is 0 Å². The molecule has 3 rings (SSSR count). The van der Waals surface area contributed by atoms with E-state index in [1.54, 1.807) is 32.9 Å². The van der Waals surface area contributed by atoms with Crippen molar-refractivity contribution in [3.8, 4) is 5.75 Å². The summed E-state index contributed by atoms with van der Waals surface area (Å²) >= 11 is 0. The summed E-state index contributed by atoms with van der Waals surface area (Å²) in [7, 11) is -4.39. The second kappa shape index (κ2) is 16.4. The maximum atomic E-state index is 14.2. The second-order valence-electron chi connectivity index (χ2n) is 12.5. The number of nitro groups is 1. The third-order valence-corrected chi connectivity index (χ3v) is 8.55. The first-order chi connectivity index (χ1) is 22.0. The number of carbonyl (C=O) groups excluding carboxylic acids is 2. The van der Waals surface area contributed by atoms with Gasteiger partial charge in [-0.3, -0.25) is 14.9 Å². The largest absolute Gasteiger partial charge is 0.482 e. The van der Waals surface area contributed by atoms with Gasteiger partial charge in [-0.2, -0.15) is 4.31 Å². The second-order valence-corrected chi connectivity index (χ2v) is 14.4. The average molecular weight is 670 g/mol. The highest BCUT2D eigenvalue weighted by Crippen LogP contribution is 2.32. The van der Waals surface area contributed by atoms with Gasteiger partial charge in [0, 0.05) is 19.5 Å². The molecule has 0 radical (unpaired) electrons. The van der Waals surface area contributed by atoms with Crippen molar-refractivity contribution in [2.45, 2.75) is 77.2 Å². The van der Waals surface area contributed by atoms with Gasteiger partial charge in [0.15, 0.2) is 5.75 Å². The lowest BCUT2D eigenvalue weighted by Crippen LogP contribution is -2.53. The van der Waals surface area contributed by atoms with Gasteiger partial charge in [-0.1, -0.05) is 74.5 Å². The highest BCUT2D eigenvalue weighted by Gasteiger charge is 2.36. The Hall–Kier alpha value is -4.49. The van der Waals surface area contributed by atoms with Crippen LogP contribution < -0.4 is 10.1 Å². The van der Waals surface area contributed by atoms with Crippen LogP contribution in [0.1, 0.15) is 52.7 Å². The Morgan fingerprint density at radius 2 is 1.53 bits per heavy atom.